The zero-order valence-corrected chi connectivity index (χ0v) is 10.9. The van der Waals surface area contributed by atoms with Crippen molar-refractivity contribution in [2.75, 3.05) is 5.43 Å². The van der Waals surface area contributed by atoms with Crippen LogP contribution in [0.1, 0.15) is 19.4 Å². The van der Waals surface area contributed by atoms with Crippen molar-refractivity contribution in [1.82, 2.24) is 4.98 Å². The van der Waals surface area contributed by atoms with E-state index in [1.54, 1.807) is 11.3 Å². The summed E-state index contributed by atoms with van der Waals surface area (Å²) in [6.07, 6.45) is 1.12. The Morgan fingerprint density at radius 3 is 2.53 bits per heavy atom. The number of aromatic nitrogens is 1. The van der Waals surface area contributed by atoms with E-state index in [9.17, 15) is 0 Å². The first kappa shape index (κ1) is 12.1. The Labute approximate surface area is 106 Å². The number of hydrogen-bond donors (Lipinski definition) is 2. The Morgan fingerprint density at radius 1 is 1.29 bits per heavy atom. The number of nitrogens with one attached hydrogen (secondary N) is 1. The number of anilines is 1. The Bertz CT molecular complexity index is 474. The number of nitrogens with two attached hydrogens (primary N) is 1. The van der Waals surface area contributed by atoms with Crippen LogP contribution in [0.3, 0.4) is 0 Å². The summed E-state index contributed by atoms with van der Waals surface area (Å²) in [5.74, 6) is 6.72. The number of rotatable bonds is 4. The molecule has 3 N–H and O–H groups in total. The Balaban J connectivity index is 2.17. The van der Waals surface area contributed by atoms with Crippen LogP contribution in [0.2, 0.25) is 0 Å². The summed E-state index contributed by atoms with van der Waals surface area (Å²) in [5, 5.41) is 2.91. The van der Waals surface area contributed by atoms with Gasteiger partial charge in [0.15, 0.2) is 5.82 Å². The molecule has 0 unspecified atom stereocenters. The van der Waals surface area contributed by atoms with Crippen molar-refractivity contribution < 1.29 is 0 Å². The molecule has 0 aliphatic rings. The highest BCUT2D eigenvalue weighted by atomic mass is 32.1. The predicted octanol–water partition coefficient (Wildman–Crippen LogP) is 3.29. The molecule has 0 saturated carbocycles. The van der Waals surface area contributed by atoms with E-state index in [4.69, 9.17) is 5.84 Å². The monoisotopic (exact) mass is 247 g/mol. The number of thiazole rings is 1. The van der Waals surface area contributed by atoms with Gasteiger partial charge in [-0.1, -0.05) is 38.1 Å². The van der Waals surface area contributed by atoms with Crippen molar-refractivity contribution in [2.24, 2.45) is 11.8 Å². The minimum absolute atomic E-state index is 0.689. The van der Waals surface area contributed by atoms with E-state index in [0.29, 0.717) is 5.92 Å². The molecule has 0 spiro atoms. The van der Waals surface area contributed by atoms with Gasteiger partial charge in [0.2, 0.25) is 0 Å². The van der Waals surface area contributed by atoms with Crippen LogP contribution in [0.5, 0.6) is 0 Å². The minimum atomic E-state index is 0.689. The molecule has 0 atom stereocenters. The zero-order valence-electron chi connectivity index (χ0n) is 10.1. The first-order valence-corrected chi connectivity index (χ1v) is 6.58. The quantitative estimate of drug-likeness (QED) is 0.644. The molecule has 0 aliphatic carbocycles. The topological polar surface area (TPSA) is 50.9 Å². The van der Waals surface area contributed by atoms with Gasteiger partial charge in [-0.05, 0) is 17.9 Å². The first-order valence-electron chi connectivity index (χ1n) is 5.70. The number of nitrogen functional groups attached to an aromatic ring is 1. The number of hydrogen-bond acceptors (Lipinski definition) is 4. The highest BCUT2D eigenvalue weighted by Crippen LogP contribution is 2.26. The van der Waals surface area contributed by atoms with Gasteiger partial charge in [0, 0.05) is 10.9 Å². The molecule has 1 aromatic heterocycles. The summed E-state index contributed by atoms with van der Waals surface area (Å²) in [4.78, 5) is 4.37. The summed E-state index contributed by atoms with van der Waals surface area (Å²) in [6.45, 7) is 4.46. The Hall–Kier alpha value is -1.39. The van der Waals surface area contributed by atoms with Gasteiger partial charge in [-0.15, -0.1) is 11.3 Å². The fourth-order valence-corrected chi connectivity index (χ4v) is 2.49. The molecule has 2 aromatic rings. The molecular weight excluding hydrogens is 230 g/mol. The highest BCUT2D eigenvalue weighted by molar-refractivity contribution is 7.13. The predicted molar refractivity (Wildman–Crippen MR) is 73.9 cm³/mol. The van der Waals surface area contributed by atoms with Gasteiger partial charge in [-0.3, -0.25) is 0 Å². The lowest BCUT2D eigenvalue weighted by Crippen LogP contribution is -2.06. The van der Waals surface area contributed by atoms with Crippen LogP contribution in [-0.4, -0.2) is 4.98 Å². The van der Waals surface area contributed by atoms with Gasteiger partial charge in [0.05, 0.1) is 0 Å². The van der Waals surface area contributed by atoms with Gasteiger partial charge >= 0.3 is 0 Å². The van der Waals surface area contributed by atoms with E-state index in [-0.39, 0.29) is 0 Å². The third kappa shape index (κ3) is 3.05. The molecule has 0 fully saturated rings. The molecule has 0 aliphatic heterocycles. The molecule has 0 bridgehead atoms. The van der Waals surface area contributed by atoms with E-state index in [1.165, 1.54) is 5.56 Å². The van der Waals surface area contributed by atoms with Gasteiger partial charge in [0.1, 0.15) is 5.01 Å². The largest absolute Gasteiger partial charge is 0.308 e. The average Bonchev–Trinajstić information content (AvgIpc) is 2.78. The zero-order chi connectivity index (χ0) is 12.3. The average molecular weight is 247 g/mol. The summed E-state index contributed by atoms with van der Waals surface area (Å²) >= 11 is 1.59. The fraction of sp³-hybridized carbons (Fsp3) is 0.308. The highest BCUT2D eigenvalue weighted by Gasteiger charge is 2.04. The third-order valence-electron chi connectivity index (χ3n) is 2.50. The summed E-state index contributed by atoms with van der Waals surface area (Å²) in [7, 11) is 0. The number of hydrazine groups is 1. The summed E-state index contributed by atoms with van der Waals surface area (Å²) in [5.41, 5.74) is 5.07. The standard InChI is InChI=1S/C13H17N3S/c1-9(2)7-10-3-5-11(6-4-10)13-15-12(16-14)8-17-13/h3-6,8-9,16H,7,14H2,1-2H3. The second kappa shape index (κ2) is 5.29. The Kier molecular flexibility index (Phi) is 3.76. The van der Waals surface area contributed by atoms with Gasteiger partial charge in [0.25, 0.3) is 0 Å². The molecule has 0 amide bonds. The maximum atomic E-state index is 5.31. The molecule has 1 aromatic carbocycles. The Morgan fingerprint density at radius 2 is 2.00 bits per heavy atom. The van der Waals surface area contributed by atoms with Crippen molar-refractivity contribution in [3.05, 3.63) is 35.2 Å². The van der Waals surface area contributed by atoms with Crippen molar-refractivity contribution in [3.63, 3.8) is 0 Å². The van der Waals surface area contributed by atoms with Crippen LogP contribution >= 0.6 is 11.3 Å². The molecule has 0 saturated heterocycles. The second-order valence-corrected chi connectivity index (χ2v) is 5.34. The lowest BCUT2D eigenvalue weighted by atomic mass is 10.0. The lowest BCUT2D eigenvalue weighted by Gasteiger charge is -2.05. The van der Waals surface area contributed by atoms with E-state index in [1.807, 2.05) is 5.38 Å². The van der Waals surface area contributed by atoms with Crippen LogP contribution in [0.4, 0.5) is 5.82 Å². The van der Waals surface area contributed by atoms with Crippen molar-refractivity contribution in [2.45, 2.75) is 20.3 Å². The molecule has 3 nitrogen and oxygen atoms in total. The molecular formula is C13H17N3S. The fourth-order valence-electron chi connectivity index (χ4n) is 1.73. The van der Waals surface area contributed by atoms with E-state index in [2.05, 4.69) is 48.5 Å². The van der Waals surface area contributed by atoms with E-state index in [0.717, 1.165) is 22.8 Å². The van der Waals surface area contributed by atoms with Crippen LogP contribution in [-0.2, 0) is 6.42 Å². The lowest BCUT2D eigenvalue weighted by molar-refractivity contribution is 0.647. The molecule has 0 radical (unpaired) electrons. The second-order valence-electron chi connectivity index (χ2n) is 4.48. The third-order valence-corrected chi connectivity index (χ3v) is 3.39. The molecule has 90 valence electrons. The molecule has 4 heteroatoms. The maximum absolute atomic E-state index is 5.31. The molecule has 2 rings (SSSR count). The maximum Gasteiger partial charge on any atom is 0.151 e. The normalized spacial score (nSPS) is 10.8. The molecule has 17 heavy (non-hydrogen) atoms. The van der Waals surface area contributed by atoms with Crippen molar-refractivity contribution >= 4 is 17.2 Å². The number of benzene rings is 1. The van der Waals surface area contributed by atoms with Crippen LogP contribution in [0, 0.1) is 5.92 Å². The summed E-state index contributed by atoms with van der Waals surface area (Å²) in [6, 6.07) is 8.59. The SMILES string of the molecule is CC(C)Cc1ccc(-c2nc(NN)cs2)cc1. The van der Waals surface area contributed by atoms with Crippen LogP contribution < -0.4 is 11.3 Å². The number of nitrogens with zero attached hydrogens (tertiary/aromatic N) is 1. The minimum Gasteiger partial charge on any atom is -0.308 e. The first-order chi connectivity index (χ1) is 8.19. The summed E-state index contributed by atoms with van der Waals surface area (Å²) < 4.78 is 0. The van der Waals surface area contributed by atoms with E-state index < -0.39 is 0 Å². The smallest absolute Gasteiger partial charge is 0.151 e. The molecule has 1 heterocycles. The van der Waals surface area contributed by atoms with E-state index >= 15 is 0 Å². The van der Waals surface area contributed by atoms with Crippen molar-refractivity contribution in [1.29, 1.82) is 0 Å². The van der Waals surface area contributed by atoms with Crippen LogP contribution in [0.25, 0.3) is 10.6 Å². The van der Waals surface area contributed by atoms with Crippen LogP contribution in [0.15, 0.2) is 29.6 Å². The van der Waals surface area contributed by atoms with Gasteiger partial charge in [-0.25, -0.2) is 10.8 Å². The van der Waals surface area contributed by atoms with Gasteiger partial charge in [-0.2, -0.15) is 0 Å². The van der Waals surface area contributed by atoms with Gasteiger partial charge < -0.3 is 5.43 Å². The van der Waals surface area contributed by atoms with Crippen molar-refractivity contribution in [3.8, 4) is 10.6 Å².